The summed E-state index contributed by atoms with van der Waals surface area (Å²) in [4.78, 5) is 2.34. The molecule has 2 saturated heterocycles. The lowest BCUT2D eigenvalue weighted by Gasteiger charge is -2.44. The molecular weight excluding hydrogens is 465 g/mol. The number of anilines is 1. The first-order valence-corrected chi connectivity index (χ1v) is 10.7. The van der Waals surface area contributed by atoms with Crippen LogP contribution < -0.4 is 15.0 Å². The maximum atomic E-state index is 9.62. The van der Waals surface area contributed by atoms with Crippen LogP contribution in [0.15, 0.2) is 36.4 Å². The normalized spacial score (nSPS) is 18.7. The number of rotatable bonds is 3. The number of morpholine rings is 1. The van der Waals surface area contributed by atoms with Gasteiger partial charge in [-0.05, 0) is 66.6 Å². The second-order valence-electron chi connectivity index (χ2n) is 7.48. The monoisotopic (exact) mass is 489 g/mol. The van der Waals surface area contributed by atoms with E-state index >= 15 is 0 Å². The summed E-state index contributed by atoms with van der Waals surface area (Å²) >= 11 is 2.27. The number of hydrogen-bond acceptors (Lipinski definition) is 5. The molecule has 2 fully saturated rings. The van der Waals surface area contributed by atoms with Gasteiger partial charge in [-0.2, -0.15) is 5.26 Å². The van der Waals surface area contributed by atoms with Gasteiger partial charge in [-0.3, -0.25) is 0 Å². The van der Waals surface area contributed by atoms with Gasteiger partial charge in [0.05, 0.1) is 23.8 Å². The maximum Gasteiger partial charge on any atom is 0.133 e. The van der Waals surface area contributed by atoms with Crippen molar-refractivity contribution in [1.29, 1.82) is 5.26 Å². The minimum absolute atomic E-state index is 0.0302. The number of nitriles is 1. The molecule has 1 N–H and O–H groups in total. The number of piperidine rings is 1. The van der Waals surface area contributed by atoms with E-state index < -0.39 is 0 Å². The van der Waals surface area contributed by atoms with E-state index in [0.717, 1.165) is 71.9 Å². The Morgan fingerprint density at radius 3 is 2.75 bits per heavy atom. The van der Waals surface area contributed by atoms with Gasteiger partial charge in [0.2, 0.25) is 0 Å². The van der Waals surface area contributed by atoms with E-state index in [9.17, 15) is 5.26 Å². The number of benzene rings is 2. The number of nitrogens with zero attached hydrogens (tertiary/aromatic N) is 2. The topological polar surface area (TPSA) is 57.5 Å². The Balaban J connectivity index is 1.57. The molecule has 2 heterocycles. The highest BCUT2D eigenvalue weighted by molar-refractivity contribution is 14.1. The molecule has 0 amide bonds. The van der Waals surface area contributed by atoms with Crippen LogP contribution in [0, 0.1) is 21.8 Å². The van der Waals surface area contributed by atoms with E-state index in [1.165, 1.54) is 0 Å². The predicted molar refractivity (Wildman–Crippen MR) is 118 cm³/mol. The largest absolute Gasteiger partial charge is 0.457 e. The Morgan fingerprint density at radius 2 is 2.07 bits per heavy atom. The Morgan fingerprint density at radius 1 is 1.25 bits per heavy atom. The molecule has 0 aromatic heterocycles. The maximum absolute atomic E-state index is 9.62. The molecule has 6 heteroatoms. The first-order valence-electron chi connectivity index (χ1n) is 9.66. The van der Waals surface area contributed by atoms with E-state index in [-0.39, 0.29) is 5.60 Å². The lowest BCUT2D eigenvalue weighted by molar-refractivity contribution is -0.0799. The van der Waals surface area contributed by atoms with Gasteiger partial charge in [0.15, 0.2) is 0 Å². The third kappa shape index (κ3) is 4.12. The van der Waals surface area contributed by atoms with E-state index in [2.05, 4.69) is 44.9 Å². The first-order chi connectivity index (χ1) is 13.6. The summed E-state index contributed by atoms with van der Waals surface area (Å²) in [7, 11) is 0. The SMILES string of the molecule is Cc1c(C#N)cc(N2CCC3(CC2)CNCCO3)cc1Oc1cccc(I)c1. The molecule has 4 rings (SSSR count). The summed E-state index contributed by atoms with van der Waals surface area (Å²) in [6.45, 7) is 6.43. The molecule has 28 heavy (non-hydrogen) atoms. The van der Waals surface area contributed by atoms with Crippen molar-refractivity contribution in [3.8, 4) is 17.6 Å². The van der Waals surface area contributed by atoms with Crippen LogP contribution in [0.1, 0.15) is 24.0 Å². The zero-order valence-electron chi connectivity index (χ0n) is 16.0. The van der Waals surface area contributed by atoms with Crippen molar-refractivity contribution in [1.82, 2.24) is 5.32 Å². The zero-order valence-corrected chi connectivity index (χ0v) is 18.2. The fourth-order valence-electron chi connectivity index (χ4n) is 3.94. The highest BCUT2D eigenvalue weighted by atomic mass is 127. The summed E-state index contributed by atoms with van der Waals surface area (Å²) < 4.78 is 13.4. The van der Waals surface area contributed by atoms with Gasteiger partial charge in [-0.25, -0.2) is 0 Å². The zero-order chi connectivity index (χ0) is 19.6. The van der Waals surface area contributed by atoms with E-state index in [4.69, 9.17) is 9.47 Å². The molecule has 1 spiro atoms. The highest BCUT2D eigenvalue weighted by Gasteiger charge is 2.37. The first kappa shape index (κ1) is 19.5. The van der Waals surface area contributed by atoms with Crippen LogP contribution in [0.25, 0.3) is 0 Å². The van der Waals surface area contributed by atoms with Crippen LogP contribution in [0.2, 0.25) is 0 Å². The molecule has 5 nitrogen and oxygen atoms in total. The molecule has 0 saturated carbocycles. The third-order valence-corrected chi connectivity index (χ3v) is 6.33. The quantitative estimate of drug-likeness (QED) is 0.655. The van der Waals surface area contributed by atoms with Gasteiger partial charge in [-0.15, -0.1) is 0 Å². The lowest BCUT2D eigenvalue weighted by atomic mass is 9.89. The van der Waals surface area contributed by atoms with Crippen LogP contribution in [0.3, 0.4) is 0 Å². The molecular formula is C22H24IN3O2. The van der Waals surface area contributed by atoms with Crippen LogP contribution in [-0.2, 0) is 4.74 Å². The standard InChI is InChI=1S/C22H24IN3O2/c1-16-17(14-24)11-19(13-21(16)28-20-4-2-3-18(23)12-20)26-8-5-22(6-9-26)15-25-7-10-27-22/h2-4,11-13,25H,5-10,15H2,1H3. The Kier molecular flexibility index (Phi) is 5.76. The Labute approximate surface area is 179 Å². The number of halogens is 1. The summed E-state index contributed by atoms with van der Waals surface area (Å²) in [6, 6.07) is 14.3. The van der Waals surface area contributed by atoms with Gasteiger partial charge in [0.25, 0.3) is 0 Å². The minimum atomic E-state index is -0.0302. The summed E-state index contributed by atoms with van der Waals surface area (Å²) in [5.41, 5.74) is 2.55. The second-order valence-corrected chi connectivity index (χ2v) is 8.73. The highest BCUT2D eigenvalue weighted by Crippen LogP contribution is 2.35. The molecule has 0 atom stereocenters. The van der Waals surface area contributed by atoms with E-state index in [1.54, 1.807) is 0 Å². The fourth-order valence-corrected chi connectivity index (χ4v) is 4.45. The van der Waals surface area contributed by atoms with Crippen molar-refractivity contribution in [3.63, 3.8) is 0 Å². The van der Waals surface area contributed by atoms with Gasteiger partial charge < -0.3 is 19.7 Å². The molecule has 2 aliphatic rings. The summed E-state index contributed by atoms with van der Waals surface area (Å²) in [6.07, 6.45) is 1.98. The molecule has 2 aliphatic heterocycles. The van der Waals surface area contributed by atoms with Crippen LogP contribution in [-0.4, -0.2) is 38.4 Å². The molecule has 0 unspecified atom stereocenters. The minimum Gasteiger partial charge on any atom is -0.457 e. The number of nitrogens with one attached hydrogen (secondary N) is 1. The van der Waals surface area contributed by atoms with Crippen molar-refractivity contribution < 1.29 is 9.47 Å². The molecule has 0 aliphatic carbocycles. The van der Waals surface area contributed by atoms with Crippen molar-refractivity contribution in [2.45, 2.75) is 25.4 Å². The van der Waals surface area contributed by atoms with E-state index in [0.29, 0.717) is 5.56 Å². The lowest BCUT2D eigenvalue weighted by Crippen LogP contribution is -2.55. The van der Waals surface area contributed by atoms with Gasteiger partial charge in [0, 0.05) is 47.1 Å². The Hall–Kier alpha value is -1.82. The van der Waals surface area contributed by atoms with Crippen molar-refractivity contribution in [2.24, 2.45) is 0 Å². The van der Waals surface area contributed by atoms with Crippen LogP contribution in [0.5, 0.6) is 11.5 Å². The summed E-state index contributed by atoms with van der Waals surface area (Å²) in [5.74, 6) is 1.53. The molecule has 0 radical (unpaired) electrons. The van der Waals surface area contributed by atoms with Gasteiger partial charge >= 0.3 is 0 Å². The molecule has 2 aromatic carbocycles. The molecule has 2 aromatic rings. The Bertz CT molecular complexity index is 893. The average Bonchev–Trinajstić information content (AvgIpc) is 2.71. The van der Waals surface area contributed by atoms with Crippen molar-refractivity contribution >= 4 is 28.3 Å². The second kappa shape index (κ2) is 8.27. The number of ether oxygens (including phenoxy) is 2. The van der Waals surface area contributed by atoms with Crippen molar-refractivity contribution in [2.75, 3.05) is 37.7 Å². The molecule has 146 valence electrons. The third-order valence-electron chi connectivity index (χ3n) is 5.66. The molecule has 0 bridgehead atoms. The van der Waals surface area contributed by atoms with Crippen LogP contribution >= 0.6 is 22.6 Å². The van der Waals surface area contributed by atoms with Crippen LogP contribution in [0.4, 0.5) is 5.69 Å². The van der Waals surface area contributed by atoms with E-state index in [1.807, 2.05) is 37.3 Å². The van der Waals surface area contributed by atoms with Crippen molar-refractivity contribution in [3.05, 3.63) is 51.1 Å². The predicted octanol–water partition coefficient (Wildman–Crippen LogP) is 4.22. The van der Waals surface area contributed by atoms with Gasteiger partial charge in [0.1, 0.15) is 11.5 Å². The smallest absolute Gasteiger partial charge is 0.133 e. The average molecular weight is 489 g/mol. The van der Waals surface area contributed by atoms with Gasteiger partial charge in [-0.1, -0.05) is 6.07 Å². The number of hydrogen-bond donors (Lipinski definition) is 1. The fraction of sp³-hybridized carbons (Fsp3) is 0.409. The summed E-state index contributed by atoms with van der Waals surface area (Å²) in [5, 5.41) is 13.1.